The third-order valence-corrected chi connectivity index (χ3v) is 6.85. The van der Waals surface area contributed by atoms with Gasteiger partial charge in [-0.1, -0.05) is 0 Å². The average molecular weight is 396 g/mol. The van der Waals surface area contributed by atoms with Gasteiger partial charge in [0.1, 0.15) is 5.75 Å². The van der Waals surface area contributed by atoms with E-state index in [2.05, 4.69) is 10.3 Å². The Hall–Kier alpha value is -1.97. The summed E-state index contributed by atoms with van der Waals surface area (Å²) in [5.74, 6) is -0.166. The number of rotatable bonds is 6. The van der Waals surface area contributed by atoms with E-state index in [4.69, 9.17) is 9.47 Å². The van der Waals surface area contributed by atoms with Gasteiger partial charge in [-0.15, -0.1) is 11.3 Å². The predicted molar refractivity (Wildman–Crippen MR) is 98.8 cm³/mol. The Morgan fingerprint density at radius 1 is 1.46 bits per heavy atom. The zero-order valence-electron chi connectivity index (χ0n) is 14.5. The van der Waals surface area contributed by atoms with E-state index >= 15 is 0 Å². The molecule has 0 bridgehead atoms. The number of benzene rings is 1. The van der Waals surface area contributed by atoms with E-state index in [-0.39, 0.29) is 22.1 Å². The molecule has 1 aromatic heterocycles. The van der Waals surface area contributed by atoms with Crippen LogP contribution in [0.3, 0.4) is 0 Å². The van der Waals surface area contributed by atoms with Gasteiger partial charge in [0.25, 0.3) is 5.91 Å². The summed E-state index contributed by atoms with van der Waals surface area (Å²) in [6.07, 6.45) is 0.728. The smallest absolute Gasteiger partial charge is 0.261 e. The number of nitrogens with one attached hydrogen (secondary N) is 1. The number of nitrogens with zero attached hydrogens (tertiary/aromatic N) is 1. The van der Waals surface area contributed by atoms with Crippen molar-refractivity contribution in [2.45, 2.75) is 18.2 Å². The summed E-state index contributed by atoms with van der Waals surface area (Å²) in [6, 6.07) is 4.33. The van der Waals surface area contributed by atoms with Gasteiger partial charge in [-0.3, -0.25) is 10.1 Å². The molecule has 1 N–H and O–H groups in total. The fraction of sp³-hybridized carbons (Fsp3) is 0.412. The minimum absolute atomic E-state index is 0.00601. The molecule has 1 saturated heterocycles. The first kappa shape index (κ1) is 18.8. The zero-order chi connectivity index (χ0) is 18.7. The minimum Gasteiger partial charge on any atom is -0.496 e. The summed E-state index contributed by atoms with van der Waals surface area (Å²) in [7, 11) is -2.09. The van der Waals surface area contributed by atoms with Crippen molar-refractivity contribution in [2.24, 2.45) is 5.92 Å². The largest absolute Gasteiger partial charge is 0.496 e. The number of carbonyl (C=O) groups excluding carboxylic acids is 1. The lowest BCUT2D eigenvalue weighted by Gasteiger charge is -2.12. The lowest BCUT2D eigenvalue weighted by molar-refractivity contribution is 0.102. The van der Waals surface area contributed by atoms with Crippen molar-refractivity contribution in [3.05, 3.63) is 34.8 Å². The molecule has 26 heavy (non-hydrogen) atoms. The Labute approximate surface area is 156 Å². The van der Waals surface area contributed by atoms with Gasteiger partial charge in [0.15, 0.2) is 15.0 Å². The van der Waals surface area contributed by atoms with Gasteiger partial charge in [0.2, 0.25) is 0 Å². The van der Waals surface area contributed by atoms with Crippen molar-refractivity contribution in [2.75, 3.05) is 31.4 Å². The average Bonchev–Trinajstić information content (AvgIpc) is 3.25. The molecule has 0 aliphatic carbocycles. The lowest BCUT2D eigenvalue weighted by Crippen LogP contribution is -2.18. The summed E-state index contributed by atoms with van der Waals surface area (Å²) in [6.45, 7) is 2.86. The summed E-state index contributed by atoms with van der Waals surface area (Å²) < 4.78 is 35.8. The Bertz CT molecular complexity index is 902. The standard InChI is InChI=1S/C17H20N2O5S2/c1-11-9-25-17(18-11)19-16(20)14-7-13(3-4-15(14)23-2)26(21,22)10-12-5-6-24-8-12/h3-4,7,9,12H,5-6,8,10H2,1-2H3,(H,18,19,20)/t12-/m0/s1. The van der Waals surface area contributed by atoms with Crippen LogP contribution in [0.4, 0.5) is 5.13 Å². The van der Waals surface area contributed by atoms with Crippen molar-refractivity contribution in [3.63, 3.8) is 0 Å². The third kappa shape index (κ3) is 4.22. The molecule has 1 aliphatic heterocycles. The molecule has 2 aromatic rings. The van der Waals surface area contributed by atoms with Crippen molar-refractivity contribution in [1.29, 1.82) is 0 Å². The van der Waals surface area contributed by atoms with Crippen LogP contribution in [-0.2, 0) is 14.6 Å². The van der Waals surface area contributed by atoms with Gasteiger partial charge >= 0.3 is 0 Å². The van der Waals surface area contributed by atoms with Crippen molar-refractivity contribution < 1.29 is 22.7 Å². The molecule has 0 spiro atoms. The van der Waals surface area contributed by atoms with E-state index < -0.39 is 15.7 Å². The van der Waals surface area contributed by atoms with Gasteiger partial charge in [-0.05, 0) is 37.5 Å². The quantitative estimate of drug-likeness (QED) is 0.806. The van der Waals surface area contributed by atoms with E-state index in [0.29, 0.717) is 24.1 Å². The minimum atomic E-state index is -3.52. The number of aromatic nitrogens is 1. The van der Waals surface area contributed by atoms with E-state index in [1.807, 2.05) is 12.3 Å². The second kappa shape index (κ2) is 7.73. The van der Waals surface area contributed by atoms with Gasteiger partial charge in [0.05, 0.1) is 35.6 Å². The molecule has 9 heteroatoms. The fourth-order valence-corrected chi connectivity index (χ4v) is 5.09. The Balaban J connectivity index is 1.86. The molecule has 1 amide bonds. The highest BCUT2D eigenvalue weighted by molar-refractivity contribution is 7.91. The Morgan fingerprint density at radius 3 is 2.88 bits per heavy atom. The maximum Gasteiger partial charge on any atom is 0.261 e. The van der Waals surface area contributed by atoms with E-state index in [1.165, 1.54) is 36.6 Å². The van der Waals surface area contributed by atoms with E-state index in [1.54, 1.807) is 0 Å². The highest BCUT2D eigenvalue weighted by Crippen LogP contribution is 2.27. The molecule has 1 fully saturated rings. The molecule has 7 nitrogen and oxygen atoms in total. The highest BCUT2D eigenvalue weighted by atomic mass is 32.2. The van der Waals surface area contributed by atoms with Crippen LogP contribution in [0.15, 0.2) is 28.5 Å². The molecule has 140 valence electrons. The van der Waals surface area contributed by atoms with Crippen molar-refractivity contribution >= 4 is 32.2 Å². The van der Waals surface area contributed by atoms with Crippen molar-refractivity contribution in [1.82, 2.24) is 4.98 Å². The van der Waals surface area contributed by atoms with Crippen LogP contribution in [-0.4, -0.2) is 45.4 Å². The number of methoxy groups -OCH3 is 1. The first-order valence-electron chi connectivity index (χ1n) is 8.11. The molecular formula is C17H20N2O5S2. The zero-order valence-corrected chi connectivity index (χ0v) is 16.2. The predicted octanol–water partition coefficient (Wildman–Crippen LogP) is 2.52. The monoisotopic (exact) mass is 396 g/mol. The third-order valence-electron chi connectivity index (χ3n) is 4.09. The number of anilines is 1. The van der Waals surface area contributed by atoms with Gasteiger partial charge < -0.3 is 9.47 Å². The van der Waals surface area contributed by atoms with Gasteiger partial charge in [0, 0.05) is 12.0 Å². The number of hydrogen-bond donors (Lipinski definition) is 1. The van der Waals surface area contributed by atoms with Crippen LogP contribution in [0.1, 0.15) is 22.5 Å². The first-order valence-corrected chi connectivity index (χ1v) is 10.6. The number of thiazole rings is 1. The molecule has 0 unspecified atom stereocenters. The van der Waals surface area contributed by atoms with Crippen LogP contribution in [0.5, 0.6) is 5.75 Å². The SMILES string of the molecule is COc1ccc(S(=O)(=O)C[C@H]2CCOC2)cc1C(=O)Nc1nc(C)cs1. The molecule has 1 atom stereocenters. The van der Waals surface area contributed by atoms with Crippen LogP contribution in [0.2, 0.25) is 0 Å². The second-order valence-corrected chi connectivity index (χ2v) is 9.01. The molecule has 2 heterocycles. The molecule has 3 rings (SSSR count). The summed E-state index contributed by atoms with van der Waals surface area (Å²) in [4.78, 5) is 16.9. The highest BCUT2D eigenvalue weighted by Gasteiger charge is 2.26. The maximum absolute atomic E-state index is 12.7. The van der Waals surface area contributed by atoms with E-state index in [9.17, 15) is 13.2 Å². The normalized spacial score (nSPS) is 17.2. The molecule has 1 aromatic carbocycles. The molecule has 0 saturated carbocycles. The van der Waals surface area contributed by atoms with Crippen LogP contribution >= 0.6 is 11.3 Å². The first-order chi connectivity index (χ1) is 12.4. The number of carbonyl (C=O) groups is 1. The lowest BCUT2D eigenvalue weighted by atomic mass is 10.2. The van der Waals surface area contributed by atoms with E-state index in [0.717, 1.165) is 12.1 Å². The topological polar surface area (TPSA) is 94.6 Å². The van der Waals surface area contributed by atoms with Gasteiger partial charge in [-0.25, -0.2) is 13.4 Å². The number of aryl methyl sites for hydroxylation is 1. The molecular weight excluding hydrogens is 376 g/mol. The maximum atomic E-state index is 12.7. The van der Waals surface area contributed by atoms with Gasteiger partial charge in [-0.2, -0.15) is 0 Å². The molecule has 1 aliphatic rings. The summed E-state index contributed by atoms with van der Waals surface area (Å²) >= 11 is 1.30. The second-order valence-electron chi connectivity index (χ2n) is 6.12. The van der Waals surface area contributed by atoms with Crippen LogP contribution in [0.25, 0.3) is 0 Å². The Morgan fingerprint density at radius 2 is 2.27 bits per heavy atom. The summed E-state index contributed by atoms with van der Waals surface area (Å²) in [5, 5.41) is 4.95. The number of sulfone groups is 1. The number of hydrogen-bond acceptors (Lipinski definition) is 7. The van der Waals surface area contributed by atoms with Crippen LogP contribution in [0, 0.1) is 12.8 Å². The molecule has 0 radical (unpaired) electrons. The Kier molecular flexibility index (Phi) is 5.59. The van der Waals surface area contributed by atoms with Crippen molar-refractivity contribution in [3.8, 4) is 5.75 Å². The number of amides is 1. The summed E-state index contributed by atoms with van der Waals surface area (Å²) in [5.41, 5.74) is 0.955. The number of ether oxygens (including phenoxy) is 2. The fourth-order valence-electron chi connectivity index (χ4n) is 2.76. The van der Waals surface area contributed by atoms with Crippen LogP contribution < -0.4 is 10.1 Å².